The van der Waals surface area contributed by atoms with Crippen molar-refractivity contribution in [3.63, 3.8) is 0 Å². The number of hydrogen-bond acceptors (Lipinski definition) is 5. The van der Waals surface area contributed by atoms with Crippen LogP contribution in [0.1, 0.15) is 22.7 Å². The van der Waals surface area contributed by atoms with Gasteiger partial charge in [0.25, 0.3) is 0 Å². The highest BCUT2D eigenvalue weighted by atomic mass is 32.2. The molecule has 0 aromatic heterocycles. The minimum absolute atomic E-state index is 0.0431. The number of carbonyl (C=O) groups excluding carboxylic acids is 1. The summed E-state index contributed by atoms with van der Waals surface area (Å²) in [5.74, 6) is -0.233. The molecular weight excluding hydrogens is 462 g/mol. The second kappa shape index (κ2) is 11.6. The molecule has 0 spiro atoms. The third-order valence-corrected chi connectivity index (χ3v) is 7.98. The maximum Gasteiger partial charge on any atom is 0.243 e. The Morgan fingerprint density at radius 2 is 1.63 bits per heavy atom. The van der Waals surface area contributed by atoms with E-state index in [1.807, 2.05) is 55.5 Å². The van der Waals surface area contributed by atoms with Crippen molar-refractivity contribution in [1.82, 2.24) is 9.62 Å². The second-order valence-corrected chi connectivity index (χ2v) is 10.5. The third-order valence-electron chi connectivity index (χ3n) is 6.08. The molecule has 0 saturated carbocycles. The van der Waals surface area contributed by atoms with Crippen LogP contribution in [0, 0.1) is 6.92 Å². The van der Waals surface area contributed by atoms with E-state index < -0.39 is 10.0 Å². The Balaban J connectivity index is 1.44. The minimum atomic E-state index is -3.65. The summed E-state index contributed by atoms with van der Waals surface area (Å²) in [4.78, 5) is 13.0. The number of rotatable bonds is 9. The van der Waals surface area contributed by atoms with Gasteiger partial charge in [0.05, 0.1) is 24.7 Å². The molecule has 8 heteroatoms. The largest absolute Gasteiger partial charge is 0.379 e. The fourth-order valence-corrected chi connectivity index (χ4v) is 5.52. The number of nitrogens with one attached hydrogen (secondary N) is 2. The summed E-state index contributed by atoms with van der Waals surface area (Å²) < 4.78 is 32.7. The molecule has 1 saturated heterocycles. The van der Waals surface area contributed by atoms with Crippen LogP contribution in [0.25, 0.3) is 0 Å². The van der Waals surface area contributed by atoms with Crippen molar-refractivity contribution in [3.05, 3.63) is 95.6 Å². The Labute approximate surface area is 207 Å². The van der Waals surface area contributed by atoms with Crippen LogP contribution >= 0.6 is 0 Å². The first-order chi connectivity index (χ1) is 16.9. The number of nitrogens with zero attached hydrogens (tertiary/aromatic N) is 1. The molecule has 35 heavy (non-hydrogen) atoms. The van der Waals surface area contributed by atoms with Gasteiger partial charge in [0.2, 0.25) is 15.9 Å². The Hall–Kier alpha value is -3.04. The fraction of sp³-hybridized carbons (Fsp3) is 0.296. The Morgan fingerprint density at radius 1 is 0.971 bits per heavy atom. The number of sulfonamides is 1. The van der Waals surface area contributed by atoms with Crippen LogP contribution in [0.4, 0.5) is 5.69 Å². The van der Waals surface area contributed by atoms with Crippen LogP contribution in [0.5, 0.6) is 0 Å². The van der Waals surface area contributed by atoms with Crippen LogP contribution < -0.4 is 10.6 Å². The first-order valence-corrected chi connectivity index (χ1v) is 13.2. The molecule has 184 valence electrons. The molecular formula is C27H31N3O4S. The van der Waals surface area contributed by atoms with E-state index in [1.54, 1.807) is 12.1 Å². The molecule has 0 bridgehead atoms. The van der Waals surface area contributed by atoms with Crippen molar-refractivity contribution in [2.45, 2.75) is 24.3 Å². The van der Waals surface area contributed by atoms with Crippen molar-refractivity contribution >= 4 is 21.6 Å². The third kappa shape index (κ3) is 6.55. The summed E-state index contributed by atoms with van der Waals surface area (Å²) in [6.45, 7) is 3.34. The van der Waals surface area contributed by atoms with Crippen LogP contribution in [0.2, 0.25) is 0 Å². The molecule has 1 aliphatic rings. The van der Waals surface area contributed by atoms with Crippen molar-refractivity contribution in [2.75, 3.05) is 38.2 Å². The molecule has 1 amide bonds. The number of aryl methyl sites for hydroxylation is 1. The Kier molecular flexibility index (Phi) is 8.30. The maximum atomic E-state index is 13.0. The monoisotopic (exact) mass is 493 g/mol. The SMILES string of the molecule is Cc1ccc(S(=O)(=O)N2CCOCC2)cc1NC(=O)CNC(Cc1ccccc1)c1ccccc1. The van der Waals surface area contributed by atoms with E-state index in [-0.39, 0.29) is 23.4 Å². The summed E-state index contributed by atoms with van der Waals surface area (Å²) in [5.41, 5.74) is 3.55. The van der Waals surface area contributed by atoms with Crippen molar-refractivity contribution < 1.29 is 17.9 Å². The van der Waals surface area contributed by atoms with Gasteiger partial charge >= 0.3 is 0 Å². The van der Waals surface area contributed by atoms with Gasteiger partial charge in [0.15, 0.2) is 0 Å². The van der Waals surface area contributed by atoms with E-state index in [4.69, 9.17) is 4.74 Å². The standard InChI is InChI=1S/C27H31N3O4S/c1-21-12-13-24(35(32,33)30-14-16-34-17-15-30)19-25(21)29-27(31)20-28-26(23-10-6-3-7-11-23)18-22-8-4-2-5-9-22/h2-13,19,26,28H,14-18,20H2,1H3,(H,29,31). The van der Waals surface area contributed by atoms with E-state index in [2.05, 4.69) is 22.8 Å². The number of ether oxygens (including phenoxy) is 1. The lowest BCUT2D eigenvalue weighted by molar-refractivity contribution is -0.115. The number of amides is 1. The average molecular weight is 494 g/mol. The lowest BCUT2D eigenvalue weighted by Gasteiger charge is -2.26. The molecule has 1 heterocycles. The second-order valence-electron chi connectivity index (χ2n) is 8.58. The maximum absolute atomic E-state index is 13.0. The topological polar surface area (TPSA) is 87.7 Å². The van der Waals surface area contributed by atoms with Gasteiger partial charge in [0, 0.05) is 24.8 Å². The molecule has 2 N–H and O–H groups in total. The number of anilines is 1. The van der Waals surface area contributed by atoms with Crippen LogP contribution in [0.15, 0.2) is 83.8 Å². The van der Waals surface area contributed by atoms with Gasteiger partial charge in [-0.2, -0.15) is 4.31 Å². The number of benzene rings is 3. The molecule has 4 rings (SSSR count). The molecule has 3 aromatic carbocycles. The summed E-state index contributed by atoms with van der Waals surface area (Å²) in [6, 6.07) is 25.0. The van der Waals surface area contributed by atoms with Crippen molar-refractivity contribution in [3.8, 4) is 0 Å². The summed E-state index contributed by atoms with van der Waals surface area (Å²) >= 11 is 0. The highest BCUT2D eigenvalue weighted by Gasteiger charge is 2.27. The predicted octanol–water partition coefficient (Wildman–Crippen LogP) is 3.53. The molecule has 7 nitrogen and oxygen atoms in total. The summed E-state index contributed by atoms with van der Waals surface area (Å²) in [5, 5.41) is 6.26. The van der Waals surface area contributed by atoms with Gasteiger partial charge in [0.1, 0.15) is 0 Å². The van der Waals surface area contributed by atoms with E-state index in [9.17, 15) is 13.2 Å². The molecule has 3 aromatic rings. The van der Waals surface area contributed by atoms with Gasteiger partial charge in [-0.15, -0.1) is 0 Å². The zero-order valence-electron chi connectivity index (χ0n) is 19.8. The highest BCUT2D eigenvalue weighted by molar-refractivity contribution is 7.89. The fourth-order valence-electron chi connectivity index (χ4n) is 4.09. The van der Waals surface area contributed by atoms with E-state index in [1.165, 1.54) is 15.9 Å². The highest BCUT2D eigenvalue weighted by Crippen LogP contribution is 2.24. The van der Waals surface area contributed by atoms with Gasteiger partial charge in [-0.25, -0.2) is 8.42 Å². The summed E-state index contributed by atoms with van der Waals surface area (Å²) in [6.07, 6.45) is 0.741. The quantitative estimate of drug-likeness (QED) is 0.476. The zero-order chi connectivity index (χ0) is 24.7. The molecule has 1 atom stereocenters. The Morgan fingerprint density at radius 3 is 2.31 bits per heavy atom. The van der Waals surface area contributed by atoms with Gasteiger partial charge in [-0.05, 0) is 42.2 Å². The lowest BCUT2D eigenvalue weighted by Crippen LogP contribution is -2.40. The Bertz CT molecular complexity index is 1230. The van der Waals surface area contributed by atoms with Crippen LogP contribution in [-0.2, 0) is 26.0 Å². The minimum Gasteiger partial charge on any atom is -0.379 e. The average Bonchev–Trinajstić information content (AvgIpc) is 2.89. The van der Waals surface area contributed by atoms with E-state index in [0.717, 1.165) is 17.5 Å². The first-order valence-electron chi connectivity index (χ1n) is 11.7. The van der Waals surface area contributed by atoms with Gasteiger partial charge in [-0.1, -0.05) is 66.7 Å². The normalized spacial score (nSPS) is 15.5. The zero-order valence-corrected chi connectivity index (χ0v) is 20.6. The van der Waals surface area contributed by atoms with Crippen LogP contribution in [0.3, 0.4) is 0 Å². The van der Waals surface area contributed by atoms with Crippen molar-refractivity contribution in [2.24, 2.45) is 0 Å². The van der Waals surface area contributed by atoms with Gasteiger partial charge < -0.3 is 15.4 Å². The number of hydrogen-bond donors (Lipinski definition) is 2. The smallest absolute Gasteiger partial charge is 0.243 e. The first kappa shape index (κ1) is 25.1. The van der Waals surface area contributed by atoms with Crippen molar-refractivity contribution in [1.29, 1.82) is 0 Å². The number of carbonyl (C=O) groups is 1. The molecule has 0 radical (unpaired) electrons. The molecule has 0 aliphatic carbocycles. The van der Waals surface area contributed by atoms with Crippen LogP contribution in [-0.4, -0.2) is 51.5 Å². The molecule has 1 fully saturated rings. The number of morpholine rings is 1. The molecule has 1 aliphatic heterocycles. The van der Waals surface area contributed by atoms with Gasteiger partial charge in [-0.3, -0.25) is 4.79 Å². The van der Waals surface area contributed by atoms with E-state index >= 15 is 0 Å². The molecule has 1 unspecified atom stereocenters. The lowest BCUT2D eigenvalue weighted by atomic mass is 9.99. The van der Waals surface area contributed by atoms with E-state index in [0.29, 0.717) is 32.0 Å². The predicted molar refractivity (Wildman–Crippen MR) is 137 cm³/mol. The summed E-state index contributed by atoms with van der Waals surface area (Å²) in [7, 11) is -3.65.